The molecule has 4 rings (SSSR count). The largest absolute Gasteiger partial charge is 0.444 e. The van der Waals surface area contributed by atoms with Crippen molar-refractivity contribution in [2.75, 3.05) is 6.54 Å². The van der Waals surface area contributed by atoms with Gasteiger partial charge in [-0.3, -0.25) is 4.90 Å². The molecule has 0 N–H and O–H groups in total. The van der Waals surface area contributed by atoms with Crippen molar-refractivity contribution in [1.29, 1.82) is 0 Å². The Morgan fingerprint density at radius 1 is 1.23 bits per heavy atom. The number of aromatic nitrogens is 2. The Balaban J connectivity index is 1.69. The van der Waals surface area contributed by atoms with Crippen LogP contribution in [0.3, 0.4) is 0 Å². The fraction of sp³-hybridized carbons (Fsp3) is 0.391. The molecule has 0 saturated heterocycles. The zero-order valence-corrected chi connectivity index (χ0v) is 18.3. The Kier molecular flexibility index (Phi) is 5.22. The van der Waals surface area contributed by atoms with Crippen LogP contribution < -0.4 is 0 Å². The Hall–Kier alpha value is -2.60. The number of nitrogens with zero attached hydrogens (tertiary/aromatic N) is 3. The summed E-state index contributed by atoms with van der Waals surface area (Å²) in [6.07, 6.45) is 0.0813. The molecule has 0 bridgehead atoms. The summed E-state index contributed by atoms with van der Waals surface area (Å²) in [6.45, 7) is 8.71. The van der Waals surface area contributed by atoms with Crippen molar-refractivity contribution in [3.63, 3.8) is 0 Å². The van der Waals surface area contributed by atoms with E-state index >= 15 is 0 Å². The third-order valence-electron chi connectivity index (χ3n) is 5.32. The molecule has 1 aliphatic heterocycles. The van der Waals surface area contributed by atoms with E-state index in [1.807, 2.05) is 45.9 Å². The van der Waals surface area contributed by atoms with E-state index in [1.54, 1.807) is 17.0 Å². The standard InChI is InChI=1S/C23H25ClFN3O2/c1-14-21-26-20-16(12-15-8-9-17(24)13-18(15)25)6-5-7-19(20)28(21)11-10-27(14)22(29)30-23(2,3)4/h5-9,13-14H,10-12H2,1-4H3. The normalized spacial score (nSPS) is 16.6. The number of para-hydroxylation sites is 1. The molecule has 0 aliphatic carbocycles. The molecule has 30 heavy (non-hydrogen) atoms. The molecular formula is C23H25ClFN3O2. The van der Waals surface area contributed by atoms with E-state index in [0.29, 0.717) is 30.1 Å². The molecule has 1 amide bonds. The quantitative estimate of drug-likeness (QED) is 0.522. The summed E-state index contributed by atoms with van der Waals surface area (Å²) >= 11 is 5.88. The highest BCUT2D eigenvalue weighted by molar-refractivity contribution is 6.30. The lowest BCUT2D eigenvalue weighted by molar-refractivity contribution is 0.0123. The Labute approximate surface area is 180 Å². The van der Waals surface area contributed by atoms with Crippen LogP contribution in [-0.2, 0) is 17.7 Å². The second-order valence-electron chi connectivity index (χ2n) is 8.67. The number of amides is 1. The molecule has 0 fully saturated rings. The van der Waals surface area contributed by atoms with E-state index in [2.05, 4.69) is 4.57 Å². The number of hydrogen-bond acceptors (Lipinski definition) is 3. The van der Waals surface area contributed by atoms with Gasteiger partial charge in [-0.25, -0.2) is 14.2 Å². The maximum Gasteiger partial charge on any atom is 0.410 e. The highest BCUT2D eigenvalue weighted by Gasteiger charge is 2.33. The van der Waals surface area contributed by atoms with Gasteiger partial charge >= 0.3 is 6.09 Å². The van der Waals surface area contributed by atoms with Gasteiger partial charge in [0.15, 0.2) is 0 Å². The highest BCUT2D eigenvalue weighted by atomic mass is 35.5. The lowest BCUT2D eigenvalue weighted by Crippen LogP contribution is -2.43. The van der Waals surface area contributed by atoms with Crippen molar-refractivity contribution in [3.8, 4) is 0 Å². The van der Waals surface area contributed by atoms with Gasteiger partial charge in [-0.05, 0) is 57.0 Å². The predicted molar refractivity (Wildman–Crippen MR) is 115 cm³/mol. The minimum Gasteiger partial charge on any atom is -0.444 e. The van der Waals surface area contributed by atoms with Gasteiger partial charge in [-0.1, -0.05) is 29.8 Å². The van der Waals surface area contributed by atoms with Crippen LogP contribution in [0.4, 0.5) is 9.18 Å². The molecule has 1 aliphatic rings. The number of fused-ring (bicyclic) bond motifs is 3. The lowest BCUT2D eigenvalue weighted by Gasteiger charge is -2.35. The third-order valence-corrected chi connectivity index (χ3v) is 5.56. The zero-order valence-electron chi connectivity index (χ0n) is 17.6. The molecule has 2 aromatic carbocycles. The van der Waals surface area contributed by atoms with E-state index in [1.165, 1.54) is 6.07 Å². The van der Waals surface area contributed by atoms with Gasteiger partial charge in [0.05, 0.1) is 17.1 Å². The number of ether oxygens (including phenoxy) is 1. The Morgan fingerprint density at radius 3 is 2.70 bits per heavy atom. The molecule has 1 unspecified atom stereocenters. The molecule has 0 radical (unpaired) electrons. The van der Waals surface area contributed by atoms with E-state index in [9.17, 15) is 9.18 Å². The van der Waals surface area contributed by atoms with E-state index in [0.717, 1.165) is 22.4 Å². The average Bonchev–Trinajstić information content (AvgIpc) is 3.03. The van der Waals surface area contributed by atoms with Gasteiger partial charge in [0.25, 0.3) is 0 Å². The smallest absolute Gasteiger partial charge is 0.410 e. The van der Waals surface area contributed by atoms with Gasteiger partial charge in [-0.2, -0.15) is 0 Å². The number of hydrogen-bond donors (Lipinski definition) is 0. The fourth-order valence-electron chi connectivity index (χ4n) is 3.90. The van der Waals surface area contributed by atoms with Crippen LogP contribution in [0, 0.1) is 5.82 Å². The molecule has 1 aromatic heterocycles. The van der Waals surface area contributed by atoms with E-state index in [-0.39, 0.29) is 18.0 Å². The number of carbonyl (C=O) groups is 1. The van der Waals surface area contributed by atoms with Crippen LogP contribution in [0.5, 0.6) is 0 Å². The zero-order chi connectivity index (χ0) is 21.6. The summed E-state index contributed by atoms with van der Waals surface area (Å²) in [5.74, 6) is 0.485. The maximum absolute atomic E-state index is 14.3. The summed E-state index contributed by atoms with van der Waals surface area (Å²) < 4.78 is 22.0. The number of rotatable bonds is 2. The van der Waals surface area contributed by atoms with Crippen LogP contribution in [0.2, 0.25) is 5.02 Å². The maximum atomic E-state index is 14.3. The first-order valence-electron chi connectivity index (χ1n) is 10.1. The topological polar surface area (TPSA) is 47.4 Å². The Bertz CT molecular complexity index is 1120. The van der Waals surface area contributed by atoms with Gasteiger partial charge in [-0.15, -0.1) is 0 Å². The van der Waals surface area contributed by atoms with Crippen molar-refractivity contribution in [2.24, 2.45) is 0 Å². The first-order chi connectivity index (χ1) is 14.1. The molecule has 3 aromatic rings. The number of halogens is 2. The summed E-state index contributed by atoms with van der Waals surface area (Å²) in [7, 11) is 0. The minimum absolute atomic E-state index is 0.221. The first kappa shape index (κ1) is 20.7. The lowest BCUT2D eigenvalue weighted by atomic mass is 10.0. The van der Waals surface area contributed by atoms with Crippen molar-refractivity contribution in [2.45, 2.75) is 52.3 Å². The Morgan fingerprint density at radius 2 is 2.00 bits per heavy atom. The van der Waals surface area contributed by atoms with Gasteiger partial charge in [0.2, 0.25) is 0 Å². The number of benzene rings is 2. The molecule has 2 heterocycles. The van der Waals surface area contributed by atoms with Crippen LogP contribution >= 0.6 is 11.6 Å². The van der Waals surface area contributed by atoms with Crippen molar-refractivity contribution in [3.05, 3.63) is 64.2 Å². The summed E-state index contributed by atoms with van der Waals surface area (Å²) in [5, 5.41) is 0.378. The molecule has 0 spiro atoms. The van der Waals surface area contributed by atoms with Crippen LogP contribution in [0.15, 0.2) is 36.4 Å². The highest BCUT2D eigenvalue weighted by Crippen LogP contribution is 2.32. The predicted octanol–water partition coefficient (Wildman–Crippen LogP) is 5.73. The van der Waals surface area contributed by atoms with Crippen molar-refractivity contribution >= 4 is 28.7 Å². The van der Waals surface area contributed by atoms with Crippen LogP contribution in [0.25, 0.3) is 11.0 Å². The third kappa shape index (κ3) is 3.88. The SMILES string of the molecule is CC1c2nc3c(Cc4ccc(Cl)cc4F)cccc3n2CCN1C(=O)OC(C)(C)C. The summed E-state index contributed by atoms with van der Waals surface area (Å²) in [6, 6.07) is 10.5. The first-order valence-corrected chi connectivity index (χ1v) is 10.4. The fourth-order valence-corrected chi connectivity index (χ4v) is 4.06. The minimum atomic E-state index is -0.551. The van der Waals surface area contributed by atoms with Gasteiger partial charge < -0.3 is 9.30 Å². The van der Waals surface area contributed by atoms with E-state index in [4.69, 9.17) is 21.3 Å². The second kappa shape index (κ2) is 7.58. The molecule has 0 saturated carbocycles. The summed E-state index contributed by atoms with van der Waals surface area (Å²) in [4.78, 5) is 19.2. The molecule has 158 valence electrons. The molecule has 5 nitrogen and oxygen atoms in total. The van der Waals surface area contributed by atoms with Gasteiger partial charge in [0, 0.05) is 24.5 Å². The molecule has 7 heteroatoms. The molecular weight excluding hydrogens is 405 g/mol. The van der Waals surface area contributed by atoms with Crippen molar-refractivity contribution in [1.82, 2.24) is 14.5 Å². The molecule has 1 atom stereocenters. The number of carbonyl (C=O) groups excluding carboxylic acids is 1. The van der Waals surface area contributed by atoms with Crippen molar-refractivity contribution < 1.29 is 13.9 Å². The van der Waals surface area contributed by atoms with Crippen LogP contribution in [0.1, 0.15) is 50.7 Å². The van der Waals surface area contributed by atoms with Gasteiger partial charge in [0.1, 0.15) is 17.2 Å². The van der Waals surface area contributed by atoms with E-state index < -0.39 is 5.60 Å². The average molecular weight is 430 g/mol. The second-order valence-corrected chi connectivity index (χ2v) is 9.11. The summed E-state index contributed by atoms with van der Waals surface area (Å²) in [5.41, 5.74) is 2.78. The monoisotopic (exact) mass is 429 g/mol. The van der Waals surface area contributed by atoms with Crippen LogP contribution in [-0.4, -0.2) is 32.7 Å². The number of imidazole rings is 1.